The molecule has 1 N–H and O–H groups in total. The molecule has 1 amide bonds. The standard InChI is InChI=1S/C17H19ClFN3O2/c1-10-2-6-13(7-3-10)20-16(23)17-22-21-15(24-17)8-11-4-5-12(19)9-14(11)18/h4-5,9-10,13H,2-3,6-8H2,1H3,(H,20,23). The summed E-state index contributed by atoms with van der Waals surface area (Å²) in [5.74, 6) is 0.177. The van der Waals surface area contributed by atoms with Crippen LogP contribution in [0.5, 0.6) is 0 Å². The highest BCUT2D eigenvalue weighted by molar-refractivity contribution is 6.31. The van der Waals surface area contributed by atoms with Gasteiger partial charge in [0.15, 0.2) is 0 Å². The molecular weight excluding hydrogens is 333 g/mol. The minimum atomic E-state index is -0.406. The topological polar surface area (TPSA) is 68.0 Å². The van der Waals surface area contributed by atoms with Gasteiger partial charge in [-0.1, -0.05) is 24.6 Å². The predicted molar refractivity (Wildman–Crippen MR) is 87.4 cm³/mol. The largest absolute Gasteiger partial charge is 0.417 e. The summed E-state index contributed by atoms with van der Waals surface area (Å²) >= 11 is 5.98. The molecule has 128 valence electrons. The Hall–Kier alpha value is -1.95. The van der Waals surface area contributed by atoms with E-state index in [2.05, 4.69) is 22.4 Å². The van der Waals surface area contributed by atoms with E-state index in [1.807, 2.05) is 0 Å². The van der Waals surface area contributed by atoms with Gasteiger partial charge in [-0.25, -0.2) is 4.39 Å². The normalized spacial score (nSPS) is 20.8. The molecule has 1 fully saturated rings. The van der Waals surface area contributed by atoms with Crippen molar-refractivity contribution in [2.45, 2.75) is 45.1 Å². The van der Waals surface area contributed by atoms with Crippen LogP contribution in [0.25, 0.3) is 0 Å². The molecule has 3 rings (SSSR count). The highest BCUT2D eigenvalue weighted by Gasteiger charge is 2.23. The van der Waals surface area contributed by atoms with Crippen LogP contribution in [0.4, 0.5) is 4.39 Å². The number of halogens is 2. The van der Waals surface area contributed by atoms with Gasteiger partial charge in [0.2, 0.25) is 5.89 Å². The van der Waals surface area contributed by atoms with E-state index in [-0.39, 0.29) is 35.2 Å². The summed E-state index contributed by atoms with van der Waals surface area (Å²) in [5, 5.41) is 10.9. The van der Waals surface area contributed by atoms with Crippen LogP contribution in [0.15, 0.2) is 22.6 Å². The molecule has 5 nitrogen and oxygen atoms in total. The number of hydrogen-bond donors (Lipinski definition) is 1. The first kappa shape index (κ1) is 16.9. The second-order valence-corrected chi connectivity index (χ2v) is 6.75. The van der Waals surface area contributed by atoms with E-state index >= 15 is 0 Å². The van der Waals surface area contributed by atoms with Crippen molar-refractivity contribution in [1.29, 1.82) is 0 Å². The molecule has 0 radical (unpaired) electrons. The molecule has 1 aromatic carbocycles. The zero-order chi connectivity index (χ0) is 17.1. The van der Waals surface area contributed by atoms with Crippen LogP contribution in [0.1, 0.15) is 54.7 Å². The van der Waals surface area contributed by atoms with Crippen molar-refractivity contribution < 1.29 is 13.6 Å². The molecule has 1 aliphatic carbocycles. The number of benzene rings is 1. The van der Waals surface area contributed by atoms with E-state index in [1.165, 1.54) is 12.1 Å². The van der Waals surface area contributed by atoms with Gasteiger partial charge in [-0.05, 0) is 49.3 Å². The highest BCUT2D eigenvalue weighted by Crippen LogP contribution is 2.24. The minimum absolute atomic E-state index is 0.0538. The average molecular weight is 352 g/mol. The maximum absolute atomic E-state index is 13.1. The summed E-state index contributed by atoms with van der Waals surface area (Å²) < 4.78 is 18.5. The van der Waals surface area contributed by atoms with Gasteiger partial charge in [-0.3, -0.25) is 4.79 Å². The van der Waals surface area contributed by atoms with Crippen LogP contribution < -0.4 is 5.32 Å². The second-order valence-electron chi connectivity index (χ2n) is 6.34. The molecule has 1 heterocycles. The first-order chi connectivity index (χ1) is 11.5. The lowest BCUT2D eigenvalue weighted by Gasteiger charge is -2.26. The third-order valence-electron chi connectivity index (χ3n) is 4.37. The summed E-state index contributed by atoms with van der Waals surface area (Å²) in [6, 6.07) is 4.26. The lowest BCUT2D eigenvalue weighted by molar-refractivity contribution is 0.0886. The molecule has 0 spiro atoms. The second kappa shape index (κ2) is 7.30. The molecule has 24 heavy (non-hydrogen) atoms. The molecule has 0 atom stereocenters. The number of carbonyl (C=O) groups is 1. The van der Waals surface area contributed by atoms with Gasteiger partial charge in [0, 0.05) is 11.1 Å². The fraction of sp³-hybridized carbons (Fsp3) is 0.471. The first-order valence-corrected chi connectivity index (χ1v) is 8.46. The first-order valence-electron chi connectivity index (χ1n) is 8.08. The summed E-state index contributed by atoms with van der Waals surface area (Å²) in [6.07, 6.45) is 4.42. The van der Waals surface area contributed by atoms with Gasteiger partial charge in [0.1, 0.15) is 5.82 Å². The van der Waals surface area contributed by atoms with Gasteiger partial charge < -0.3 is 9.73 Å². The Balaban J connectivity index is 1.61. The molecule has 0 bridgehead atoms. The summed E-state index contributed by atoms with van der Waals surface area (Å²) in [5.41, 5.74) is 0.662. The maximum Gasteiger partial charge on any atom is 0.309 e. The Morgan fingerprint density at radius 1 is 1.33 bits per heavy atom. The predicted octanol–water partition coefficient (Wildman–Crippen LogP) is 3.76. The van der Waals surface area contributed by atoms with E-state index in [0.717, 1.165) is 25.7 Å². The molecule has 0 unspecified atom stereocenters. The van der Waals surface area contributed by atoms with Crippen LogP contribution in [0.2, 0.25) is 5.02 Å². The summed E-state index contributed by atoms with van der Waals surface area (Å²) in [4.78, 5) is 12.2. The number of nitrogens with one attached hydrogen (secondary N) is 1. The Bertz CT molecular complexity index is 726. The maximum atomic E-state index is 13.1. The van der Waals surface area contributed by atoms with Crippen molar-refractivity contribution in [2.75, 3.05) is 0 Å². The van der Waals surface area contributed by atoms with Crippen LogP contribution >= 0.6 is 11.6 Å². The number of aromatic nitrogens is 2. The number of amides is 1. The van der Waals surface area contributed by atoms with Crippen LogP contribution in [-0.4, -0.2) is 22.1 Å². The van der Waals surface area contributed by atoms with Crippen LogP contribution in [0.3, 0.4) is 0 Å². The zero-order valence-electron chi connectivity index (χ0n) is 13.4. The summed E-state index contributed by atoms with van der Waals surface area (Å²) in [6.45, 7) is 2.23. The van der Waals surface area contributed by atoms with Crippen LogP contribution in [0, 0.1) is 11.7 Å². The van der Waals surface area contributed by atoms with Crippen molar-refractivity contribution in [1.82, 2.24) is 15.5 Å². The number of rotatable bonds is 4. The molecule has 1 aromatic heterocycles. The lowest BCUT2D eigenvalue weighted by atomic mass is 9.87. The molecule has 2 aromatic rings. The van der Waals surface area contributed by atoms with Crippen molar-refractivity contribution in [2.24, 2.45) is 5.92 Å². The van der Waals surface area contributed by atoms with Gasteiger partial charge in [-0.15, -0.1) is 10.2 Å². The SMILES string of the molecule is CC1CCC(NC(=O)c2nnc(Cc3ccc(F)cc3Cl)o2)CC1. The molecule has 1 saturated carbocycles. The highest BCUT2D eigenvalue weighted by atomic mass is 35.5. The minimum Gasteiger partial charge on any atom is -0.417 e. The lowest BCUT2D eigenvalue weighted by Crippen LogP contribution is -2.37. The fourth-order valence-corrected chi connectivity index (χ4v) is 3.13. The van der Waals surface area contributed by atoms with Crippen molar-refractivity contribution in [3.63, 3.8) is 0 Å². The summed E-state index contributed by atoms with van der Waals surface area (Å²) in [7, 11) is 0. The number of hydrogen-bond acceptors (Lipinski definition) is 4. The van der Waals surface area contributed by atoms with Crippen molar-refractivity contribution in [3.8, 4) is 0 Å². The molecule has 1 aliphatic rings. The zero-order valence-corrected chi connectivity index (χ0v) is 14.1. The number of carbonyl (C=O) groups excluding carboxylic acids is 1. The van der Waals surface area contributed by atoms with E-state index in [0.29, 0.717) is 11.5 Å². The third-order valence-corrected chi connectivity index (χ3v) is 4.72. The van der Waals surface area contributed by atoms with E-state index in [4.69, 9.17) is 16.0 Å². The quantitative estimate of drug-likeness (QED) is 0.910. The van der Waals surface area contributed by atoms with Gasteiger partial charge >= 0.3 is 11.8 Å². The Labute approximate surface area is 144 Å². The monoisotopic (exact) mass is 351 g/mol. The molecule has 0 aliphatic heterocycles. The number of nitrogens with zero attached hydrogens (tertiary/aromatic N) is 2. The third kappa shape index (κ3) is 4.12. The molecule has 7 heteroatoms. The Morgan fingerprint density at radius 2 is 2.08 bits per heavy atom. The average Bonchev–Trinajstić information content (AvgIpc) is 3.01. The van der Waals surface area contributed by atoms with E-state index < -0.39 is 5.82 Å². The fourth-order valence-electron chi connectivity index (χ4n) is 2.90. The molecule has 0 saturated heterocycles. The van der Waals surface area contributed by atoms with Crippen molar-refractivity contribution >= 4 is 17.5 Å². The van der Waals surface area contributed by atoms with Gasteiger partial charge in [0.05, 0.1) is 6.42 Å². The molecular formula is C17H19ClFN3O2. The Kier molecular flexibility index (Phi) is 5.14. The van der Waals surface area contributed by atoms with E-state index in [1.54, 1.807) is 6.07 Å². The smallest absolute Gasteiger partial charge is 0.309 e. The van der Waals surface area contributed by atoms with Crippen molar-refractivity contribution in [3.05, 3.63) is 46.4 Å². The Morgan fingerprint density at radius 3 is 2.79 bits per heavy atom. The van der Waals surface area contributed by atoms with Gasteiger partial charge in [0.25, 0.3) is 0 Å². The van der Waals surface area contributed by atoms with Crippen LogP contribution in [-0.2, 0) is 6.42 Å². The van der Waals surface area contributed by atoms with E-state index in [9.17, 15) is 9.18 Å². The van der Waals surface area contributed by atoms with Gasteiger partial charge in [-0.2, -0.15) is 0 Å².